The highest BCUT2D eigenvalue weighted by Crippen LogP contribution is 2.39. The lowest BCUT2D eigenvalue weighted by Crippen LogP contribution is -2.19. The summed E-state index contributed by atoms with van der Waals surface area (Å²) >= 11 is 2.63. The van der Waals surface area contributed by atoms with E-state index in [2.05, 4.69) is 25.2 Å². The summed E-state index contributed by atoms with van der Waals surface area (Å²) in [5.41, 5.74) is 0. The Bertz CT molecular complexity index is 160. The second-order valence-electron chi connectivity index (χ2n) is 1.53. The predicted molar refractivity (Wildman–Crippen MR) is 37.7 cm³/mol. The van der Waals surface area contributed by atoms with Crippen LogP contribution in [-0.4, -0.2) is 28.3 Å². The molecule has 2 N–H and O–H groups in total. The average Bonchev–Trinajstić information content (AvgIpc) is 1.82. The van der Waals surface area contributed by atoms with Gasteiger partial charge in [-0.15, -0.1) is 0 Å². The fourth-order valence-electron chi connectivity index (χ4n) is 0.286. The smallest absolute Gasteiger partial charge is 0.365 e. The van der Waals surface area contributed by atoms with E-state index in [1.165, 1.54) is 0 Å². The Balaban J connectivity index is 3.87. The normalized spacial score (nSPS) is 17.9. The van der Waals surface area contributed by atoms with Gasteiger partial charge >= 0.3 is 7.82 Å². The van der Waals surface area contributed by atoms with Crippen molar-refractivity contribution >= 4 is 23.8 Å². The third-order valence-corrected chi connectivity index (χ3v) is 1.93. The van der Waals surface area contributed by atoms with Crippen LogP contribution in [0.1, 0.15) is 0 Å². The molecule has 0 aromatic carbocycles. The maximum Gasteiger partial charge on any atom is 0.472 e. The Morgan fingerprint density at radius 3 is 2.36 bits per heavy atom. The molecule has 8 heteroatoms. The first-order valence-electron chi connectivity index (χ1n) is 2.41. The molecule has 68 valence electrons. The Hall–Kier alpha value is 0.480. The number of hydrogen-bond donors (Lipinski definition) is 2. The van der Waals surface area contributed by atoms with Crippen molar-refractivity contribution in [2.45, 2.75) is 11.4 Å². The Morgan fingerprint density at radius 1 is 1.64 bits per heavy atom. The van der Waals surface area contributed by atoms with Crippen LogP contribution in [0, 0.1) is 0 Å². The number of halogens is 2. The van der Waals surface area contributed by atoms with E-state index in [9.17, 15) is 8.96 Å². The van der Waals surface area contributed by atoms with Crippen molar-refractivity contribution in [1.29, 1.82) is 0 Å². The maximum absolute atomic E-state index is 12.4. The summed E-state index contributed by atoms with van der Waals surface area (Å²) in [5, 5.41) is -1.19. The molecular formula is C3H7BrFO5P. The molecule has 0 saturated heterocycles. The maximum atomic E-state index is 12.4. The number of phosphoric ester groups is 1. The first kappa shape index (κ1) is 11.5. The van der Waals surface area contributed by atoms with E-state index in [1.54, 1.807) is 0 Å². The molecule has 0 rings (SSSR count). The molecule has 0 spiro atoms. The second kappa shape index (κ2) is 4.49. The lowest BCUT2D eigenvalue weighted by Gasteiger charge is -2.13. The van der Waals surface area contributed by atoms with Crippen LogP contribution in [0.15, 0.2) is 0 Å². The summed E-state index contributed by atoms with van der Waals surface area (Å²) in [5.74, 6) is 0. The highest BCUT2D eigenvalue weighted by Gasteiger charge is 2.27. The van der Waals surface area contributed by atoms with Gasteiger partial charge in [-0.2, -0.15) is 0 Å². The van der Waals surface area contributed by atoms with Crippen molar-refractivity contribution in [3.63, 3.8) is 0 Å². The molecule has 0 aromatic rings. The number of alkyl halides is 2. The summed E-state index contributed by atoms with van der Waals surface area (Å²) in [6.07, 6.45) is -2.19. The van der Waals surface area contributed by atoms with Crippen molar-refractivity contribution in [3.8, 4) is 0 Å². The number of ether oxygens (including phenoxy) is 1. The Kier molecular flexibility index (Phi) is 4.69. The highest BCUT2D eigenvalue weighted by atomic mass is 79.9. The number of phosphoric acid groups is 1. The molecule has 2 atom stereocenters. The molecule has 11 heavy (non-hydrogen) atoms. The SMILES string of the molecule is COC(Br)C(F)OP(=O)(O)O. The topological polar surface area (TPSA) is 76.0 Å². The van der Waals surface area contributed by atoms with Crippen LogP contribution in [0.4, 0.5) is 4.39 Å². The van der Waals surface area contributed by atoms with E-state index in [0.717, 1.165) is 7.11 Å². The minimum atomic E-state index is -4.77. The van der Waals surface area contributed by atoms with Gasteiger partial charge in [-0.25, -0.2) is 13.5 Å². The standard InChI is InChI=1S/C3H7BrFO5P/c1-9-2(4)3(5)10-11(6,7)8/h2-3H,1H3,(H2,6,7,8). The summed E-state index contributed by atoms with van der Waals surface area (Å²) in [4.78, 5) is 16.2. The van der Waals surface area contributed by atoms with Gasteiger partial charge in [-0.05, 0) is 0 Å². The minimum Gasteiger partial charge on any atom is -0.365 e. The van der Waals surface area contributed by atoms with E-state index in [-0.39, 0.29) is 0 Å². The monoisotopic (exact) mass is 252 g/mol. The van der Waals surface area contributed by atoms with Gasteiger partial charge in [-0.1, -0.05) is 15.9 Å². The fraction of sp³-hybridized carbons (Fsp3) is 1.00. The van der Waals surface area contributed by atoms with Gasteiger partial charge in [-0.3, -0.25) is 0 Å². The van der Waals surface area contributed by atoms with Crippen LogP contribution in [0.3, 0.4) is 0 Å². The van der Waals surface area contributed by atoms with Crippen molar-refractivity contribution in [1.82, 2.24) is 0 Å². The zero-order valence-corrected chi connectivity index (χ0v) is 7.96. The van der Waals surface area contributed by atoms with Crippen molar-refractivity contribution < 1.29 is 28.0 Å². The van der Waals surface area contributed by atoms with Crippen LogP contribution >= 0.6 is 23.8 Å². The fourth-order valence-corrected chi connectivity index (χ4v) is 0.934. The predicted octanol–water partition coefficient (Wildman–Crippen LogP) is 0.759. The third-order valence-electron chi connectivity index (χ3n) is 0.669. The van der Waals surface area contributed by atoms with E-state index < -0.39 is 19.2 Å². The summed E-state index contributed by atoms with van der Waals surface area (Å²) in [7, 11) is -3.61. The Morgan fingerprint density at radius 2 is 2.09 bits per heavy atom. The highest BCUT2D eigenvalue weighted by molar-refractivity contribution is 9.09. The molecule has 2 unspecified atom stereocenters. The van der Waals surface area contributed by atoms with E-state index in [4.69, 9.17) is 9.79 Å². The van der Waals surface area contributed by atoms with E-state index in [0.29, 0.717) is 0 Å². The summed E-state index contributed by atoms with van der Waals surface area (Å²) in [6, 6.07) is 0. The lowest BCUT2D eigenvalue weighted by atomic mass is 10.7. The van der Waals surface area contributed by atoms with Gasteiger partial charge in [0.25, 0.3) is 0 Å². The largest absolute Gasteiger partial charge is 0.472 e. The van der Waals surface area contributed by atoms with Crippen LogP contribution in [-0.2, 0) is 13.8 Å². The van der Waals surface area contributed by atoms with Gasteiger partial charge in [0.05, 0.1) is 0 Å². The molecule has 0 bridgehead atoms. The minimum absolute atomic E-state index is 1.16. The van der Waals surface area contributed by atoms with Gasteiger partial charge < -0.3 is 14.5 Å². The molecule has 0 aliphatic heterocycles. The molecule has 0 aromatic heterocycles. The number of methoxy groups -OCH3 is 1. The van der Waals surface area contributed by atoms with Crippen molar-refractivity contribution in [2.24, 2.45) is 0 Å². The van der Waals surface area contributed by atoms with E-state index in [1.807, 2.05) is 0 Å². The molecule has 5 nitrogen and oxygen atoms in total. The number of rotatable bonds is 4. The Labute approximate surface area is 70.9 Å². The lowest BCUT2D eigenvalue weighted by molar-refractivity contribution is -0.0355. The molecule has 0 saturated carbocycles. The molecule has 0 aliphatic rings. The molecule has 0 heterocycles. The zero-order valence-electron chi connectivity index (χ0n) is 5.48. The van der Waals surface area contributed by atoms with Crippen LogP contribution in [0.25, 0.3) is 0 Å². The third kappa shape index (κ3) is 5.72. The quantitative estimate of drug-likeness (QED) is 0.571. The molecule has 0 fully saturated rings. The molecular weight excluding hydrogens is 246 g/mol. The summed E-state index contributed by atoms with van der Waals surface area (Å²) in [6.45, 7) is 0. The van der Waals surface area contributed by atoms with Gasteiger partial charge in [0.1, 0.15) is 0 Å². The number of hydrogen-bond acceptors (Lipinski definition) is 3. The van der Waals surface area contributed by atoms with Gasteiger partial charge in [0, 0.05) is 7.11 Å². The first-order chi connectivity index (χ1) is 4.87. The molecule has 0 radical (unpaired) electrons. The van der Waals surface area contributed by atoms with Gasteiger partial charge in [0.15, 0.2) is 5.01 Å². The van der Waals surface area contributed by atoms with E-state index >= 15 is 0 Å². The average molecular weight is 253 g/mol. The first-order valence-corrected chi connectivity index (χ1v) is 4.86. The second-order valence-corrected chi connectivity index (χ2v) is 3.63. The van der Waals surface area contributed by atoms with Crippen LogP contribution in [0.5, 0.6) is 0 Å². The van der Waals surface area contributed by atoms with Crippen molar-refractivity contribution in [2.75, 3.05) is 7.11 Å². The summed E-state index contributed by atoms with van der Waals surface area (Å²) < 4.78 is 30.4. The van der Waals surface area contributed by atoms with Crippen LogP contribution in [0.2, 0.25) is 0 Å². The molecule has 0 aliphatic carbocycles. The molecule has 0 amide bonds. The zero-order chi connectivity index (χ0) is 9.07. The van der Waals surface area contributed by atoms with Gasteiger partial charge in [0.2, 0.25) is 6.36 Å². The van der Waals surface area contributed by atoms with Crippen LogP contribution < -0.4 is 0 Å². The van der Waals surface area contributed by atoms with Crippen molar-refractivity contribution in [3.05, 3.63) is 0 Å².